The Morgan fingerprint density at radius 2 is 0.677 bits per heavy atom. The molecule has 4 heteroatoms. The van der Waals surface area contributed by atoms with Gasteiger partial charge in [-0.25, -0.2) is 0 Å². The van der Waals surface area contributed by atoms with E-state index in [1.807, 2.05) is 0 Å². The quantitative estimate of drug-likeness (QED) is 0.0421. The summed E-state index contributed by atoms with van der Waals surface area (Å²) >= 11 is 0. The highest BCUT2D eigenvalue weighted by molar-refractivity contribution is 5.76. The topological polar surface area (TPSA) is 69.6 Å². The Kier molecular flexibility index (Phi) is 52.4. The summed E-state index contributed by atoms with van der Waals surface area (Å²) in [6, 6.07) is -0.559. The minimum Gasteiger partial charge on any atom is -0.394 e. The first kappa shape index (κ1) is 61.8. The second-order valence-corrected chi connectivity index (χ2v) is 17.9. The van der Waals surface area contributed by atoms with E-state index in [4.69, 9.17) is 0 Å². The second kappa shape index (κ2) is 55.1. The van der Waals surface area contributed by atoms with Crippen LogP contribution in [0.4, 0.5) is 0 Å². The van der Waals surface area contributed by atoms with Crippen molar-refractivity contribution in [3.05, 3.63) is 122 Å². The molecule has 0 rings (SSSR count). The fraction of sp³-hybridized carbons (Fsp3) is 0.656. The summed E-state index contributed by atoms with van der Waals surface area (Å²) in [7, 11) is 0. The van der Waals surface area contributed by atoms with Crippen LogP contribution in [0, 0.1) is 0 Å². The summed E-state index contributed by atoms with van der Waals surface area (Å²) in [4.78, 5) is 12.5. The Morgan fingerprint density at radius 1 is 0.385 bits per heavy atom. The third-order valence-electron chi connectivity index (χ3n) is 11.7. The van der Waals surface area contributed by atoms with E-state index < -0.39 is 12.1 Å². The second-order valence-electron chi connectivity index (χ2n) is 17.9. The van der Waals surface area contributed by atoms with Crippen LogP contribution in [-0.2, 0) is 4.79 Å². The van der Waals surface area contributed by atoms with Crippen LogP contribution in [0.15, 0.2) is 122 Å². The Labute approximate surface area is 403 Å². The number of amides is 1. The average Bonchev–Trinajstić information content (AvgIpc) is 3.31. The molecule has 0 aliphatic rings. The van der Waals surface area contributed by atoms with Crippen LogP contribution in [-0.4, -0.2) is 34.9 Å². The van der Waals surface area contributed by atoms with Gasteiger partial charge in [0.2, 0.25) is 5.91 Å². The molecule has 0 radical (unpaired) electrons. The first-order chi connectivity index (χ1) is 32.2. The molecule has 0 aromatic carbocycles. The standard InChI is InChI=1S/C61H103NO3/c1-3-5-7-9-11-13-15-17-19-21-23-24-25-26-27-28-29-30-31-32-33-34-35-36-37-38-39-41-43-45-47-49-51-53-55-57-61(65)62-59(58-63)60(64)56-54-52-50-48-46-44-42-40-22-20-18-16-14-12-10-8-6-4-2/h5,7,11,13,17,19,23-24,26-27,29-30,32-33,35-36,38-39,43,45,59-60,63-64H,3-4,6,8-10,12,14-16,18,20-22,25,28,31,34,37,40-42,44,46-58H2,1-2H3,(H,62,65)/b7-5-,13-11-,19-17-,24-23-,27-26-,30-29-,33-32-,36-35-,39-38-,45-43-. The average molecular weight is 898 g/mol. The van der Waals surface area contributed by atoms with Gasteiger partial charge in [-0.2, -0.15) is 0 Å². The molecular formula is C61H103NO3. The van der Waals surface area contributed by atoms with Gasteiger partial charge >= 0.3 is 0 Å². The van der Waals surface area contributed by atoms with Gasteiger partial charge in [0, 0.05) is 6.42 Å². The molecule has 0 bridgehead atoms. The zero-order valence-electron chi connectivity index (χ0n) is 42.5. The summed E-state index contributed by atoms with van der Waals surface area (Å²) in [5, 5.41) is 23.3. The maximum atomic E-state index is 12.5. The van der Waals surface area contributed by atoms with Gasteiger partial charge in [-0.1, -0.05) is 264 Å². The fourth-order valence-electron chi connectivity index (χ4n) is 7.62. The van der Waals surface area contributed by atoms with Crippen molar-refractivity contribution in [2.45, 2.75) is 251 Å². The molecule has 0 heterocycles. The van der Waals surface area contributed by atoms with Crippen molar-refractivity contribution in [1.82, 2.24) is 5.32 Å². The van der Waals surface area contributed by atoms with E-state index in [2.05, 4.69) is 141 Å². The van der Waals surface area contributed by atoms with E-state index in [1.54, 1.807) is 0 Å². The maximum Gasteiger partial charge on any atom is 0.220 e. The van der Waals surface area contributed by atoms with Crippen LogP contribution in [0.5, 0.6) is 0 Å². The van der Waals surface area contributed by atoms with E-state index in [1.165, 1.54) is 103 Å². The molecule has 370 valence electrons. The van der Waals surface area contributed by atoms with Crippen molar-refractivity contribution in [3.8, 4) is 0 Å². The summed E-state index contributed by atoms with van der Waals surface area (Å²) in [5.74, 6) is -0.0595. The molecule has 4 nitrogen and oxygen atoms in total. The van der Waals surface area contributed by atoms with Gasteiger partial charge < -0.3 is 15.5 Å². The Balaban J connectivity index is 3.66. The van der Waals surface area contributed by atoms with Crippen molar-refractivity contribution in [2.75, 3.05) is 6.61 Å². The number of allylic oxidation sites excluding steroid dienone is 20. The molecule has 0 aromatic heterocycles. The maximum absolute atomic E-state index is 12.5. The largest absolute Gasteiger partial charge is 0.394 e. The Hall–Kier alpha value is -3.21. The number of hydrogen-bond donors (Lipinski definition) is 3. The molecule has 1 amide bonds. The van der Waals surface area contributed by atoms with Gasteiger partial charge in [-0.15, -0.1) is 0 Å². The predicted octanol–water partition coefficient (Wildman–Crippen LogP) is 18.1. The lowest BCUT2D eigenvalue weighted by molar-refractivity contribution is -0.123. The number of nitrogens with one attached hydrogen (secondary N) is 1. The van der Waals surface area contributed by atoms with Crippen LogP contribution in [0.25, 0.3) is 0 Å². The van der Waals surface area contributed by atoms with E-state index in [9.17, 15) is 15.0 Å². The van der Waals surface area contributed by atoms with Crippen molar-refractivity contribution in [1.29, 1.82) is 0 Å². The Morgan fingerprint density at radius 3 is 1.02 bits per heavy atom. The highest BCUT2D eigenvalue weighted by atomic mass is 16.3. The number of aliphatic hydroxyl groups excluding tert-OH is 2. The first-order valence-electron chi connectivity index (χ1n) is 27.2. The van der Waals surface area contributed by atoms with E-state index in [0.717, 1.165) is 109 Å². The molecular weight excluding hydrogens is 795 g/mol. The van der Waals surface area contributed by atoms with E-state index in [0.29, 0.717) is 12.8 Å². The molecule has 2 unspecified atom stereocenters. The first-order valence-corrected chi connectivity index (χ1v) is 27.2. The van der Waals surface area contributed by atoms with E-state index >= 15 is 0 Å². The number of carbonyl (C=O) groups is 1. The van der Waals surface area contributed by atoms with Crippen molar-refractivity contribution in [3.63, 3.8) is 0 Å². The van der Waals surface area contributed by atoms with Gasteiger partial charge in [0.05, 0.1) is 18.8 Å². The van der Waals surface area contributed by atoms with Crippen molar-refractivity contribution < 1.29 is 15.0 Å². The lowest BCUT2D eigenvalue weighted by Crippen LogP contribution is -2.45. The molecule has 0 aliphatic carbocycles. The molecule has 0 aromatic rings. The Bertz CT molecular complexity index is 1290. The highest BCUT2D eigenvalue weighted by Gasteiger charge is 2.20. The van der Waals surface area contributed by atoms with Crippen LogP contribution in [0.1, 0.15) is 239 Å². The molecule has 65 heavy (non-hydrogen) atoms. The van der Waals surface area contributed by atoms with Crippen LogP contribution >= 0.6 is 0 Å². The van der Waals surface area contributed by atoms with Crippen molar-refractivity contribution >= 4 is 5.91 Å². The third kappa shape index (κ3) is 51.6. The third-order valence-corrected chi connectivity index (χ3v) is 11.7. The summed E-state index contributed by atoms with van der Waals surface area (Å²) in [5.41, 5.74) is 0. The molecule has 0 saturated heterocycles. The molecule has 0 aliphatic heterocycles. The predicted molar refractivity (Wildman–Crippen MR) is 289 cm³/mol. The minimum atomic E-state index is -0.680. The lowest BCUT2D eigenvalue weighted by atomic mass is 10.0. The fourth-order valence-corrected chi connectivity index (χ4v) is 7.62. The monoisotopic (exact) mass is 898 g/mol. The van der Waals surface area contributed by atoms with Gasteiger partial charge in [-0.05, 0) is 89.9 Å². The van der Waals surface area contributed by atoms with Crippen LogP contribution < -0.4 is 5.32 Å². The zero-order chi connectivity index (χ0) is 47.0. The van der Waals surface area contributed by atoms with Gasteiger partial charge in [-0.3, -0.25) is 4.79 Å². The van der Waals surface area contributed by atoms with E-state index in [-0.39, 0.29) is 12.5 Å². The zero-order valence-corrected chi connectivity index (χ0v) is 42.5. The summed E-state index contributed by atoms with van der Waals surface area (Å²) in [6.45, 7) is 4.24. The number of rotatable bonds is 48. The molecule has 2 atom stereocenters. The number of carbonyl (C=O) groups excluding carboxylic acids is 1. The molecule has 3 N–H and O–H groups in total. The van der Waals surface area contributed by atoms with Gasteiger partial charge in [0.15, 0.2) is 0 Å². The summed E-state index contributed by atoms with van der Waals surface area (Å²) < 4.78 is 0. The number of aliphatic hydroxyl groups is 2. The number of unbranched alkanes of at least 4 members (excludes halogenated alkanes) is 21. The van der Waals surface area contributed by atoms with Crippen LogP contribution in [0.2, 0.25) is 0 Å². The van der Waals surface area contributed by atoms with Crippen molar-refractivity contribution in [2.24, 2.45) is 0 Å². The molecule has 0 fully saturated rings. The molecule has 0 spiro atoms. The highest BCUT2D eigenvalue weighted by Crippen LogP contribution is 2.16. The SMILES string of the molecule is CC/C=C\C/C=C\C/C=C\C/C=C\C/C=C\C/C=C\C/C=C\C/C=C\C/C=C\C/C=C\CCCCCCC(=O)NC(CO)C(O)CCCCCCCCCCCCCCCCCCCC. The smallest absolute Gasteiger partial charge is 0.220 e. The molecule has 0 saturated carbocycles. The van der Waals surface area contributed by atoms with Crippen LogP contribution in [0.3, 0.4) is 0 Å². The van der Waals surface area contributed by atoms with Gasteiger partial charge in [0.1, 0.15) is 0 Å². The summed E-state index contributed by atoms with van der Waals surface area (Å²) in [6.07, 6.45) is 84.5. The lowest BCUT2D eigenvalue weighted by Gasteiger charge is -2.22. The minimum absolute atomic E-state index is 0.0595. The van der Waals surface area contributed by atoms with Gasteiger partial charge in [0.25, 0.3) is 0 Å². The normalized spacial score (nSPS) is 13.8. The number of hydrogen-bond acceptors (Lipinski definition) is 3.